The molecule has 3 aromatic rings. The van der Waals surface area contributed by atoms with Gasteiger partial charge in [-0.2, -0.15) is 0 Å². The first kappa shape index (κ1) is 17.0. The van der Waals surface area contributed by atoms with Gasteiger partial charge >= 0.3 is 5.97 Å². The average Bonchev–Trinajstić information content (AvgIpc) is 3.06. The van der Waals surface area contributed by atoms with Crippen LogP contribution in [0.2, 0.25) is 0 Å². The van der Waals surface area contributed by atoms with Gasteiger partial charge in [0.1, 0.15) is 11.9 Å². The number of aromatic nitrogens is 1. The molecule has 0 spiro atoms. The topological polar surface area (TPSA) is 81.4 Å². The Balaban J connectivity index is 1.59. The molecule has 0 saturated heterocycles. The molecule has 1 unspecified atom stereocenters. The van der Waals surface area contributed by atoms with Crippen LogP contribution in [0.1, 0.15) is 49.3 Å². The largest absolute Gasteiger partial charge is 0.454 e. The Morgan fingerprint density at radius 1 is 1.11 bits per heavy atom. The van der Waals surface area contributed by atoms with Crippen molar-refractivity contribution < 1.29 is 18.8 Å². The van der Waals surface area contributed by atoms with Crippen molar-refractivity contribution >= 4 is 17.7 Å². The van der Waals surface area contributed by atoms with E-state index in [1.165, 1.54) is 0 Å². The maximum Gasteiger partial charge on any atom is 0.339 e. The van der Waals surface area contributed by atoms with Crippen LogP contribution in [0.3, 0.4) is 0 Å². The van der Waals surface area contributed by atoms with Crippen LogP contribution in [0.25, 0.3) is 0 Å². The number of cyclic esters (lactones) is 1. The number of ether oxygens (including phenoxy) is 1. The minimum atomic E-state index is -0.374. The molecule has 1 aliphatic rings. The van der Waals surface area contributed by atoms with Crippen molar-refractivity contribution in [2.75, 3.05) is 5.32 Å². The number of anilines is 1. The summed E-state index contributed by atoms with van der Waals surface area (Å²) in [7, 11) is 0. The van der Waals surface area contributed by atoms with Gasteiger partial charge < -0.3 is 14.6 Å². The number of nitrogens with zero attached hydrogens (tertiary/aromatic N) is 1. The zero-order valence-corrected chi connectivity index (χ0v) is 15.0. The van der Waals surface area contributed by atoms with Gasteiger partial charge in [-0.05, 0) is 43.2 Å². The zero-order chi connectivity index (χ0) is 19.0. The summed E-state index contributed by atoms with van der Waals surface area (Å²) < 4.78 is 10.5. The fourth-order valence-electron chi connectivity index (χ4n) is 3.12. The van der Waals surface area contributed by atoms with E-state index in [2.05, 4.69) is 10.5 Å². The molecule has 136 valence electrons. The second-order valence-electron chi connectivity index (χ2n) is 6.66. The van der Waals surface area contributed by atoms with Gasteiger partial charge in [0.05, 0.1) is 5.56 Å². The Labute approximate surface area is 156 Å². The number of hydrogen-bond donors (Lipinski definition) is 1. The van der Waals surface area contributed by atoms with Crippen molar-refractivity contribution in [1.29, 1.82) is 0 Å². The van der Waals surface area contributed by atoms with Crippen molar-refractivity contribution in [1.82, 2.24) is 5.16 Å². The molecule has 0 fully saturated rings. The maximum atomic E-state index is 12.5. The zero-order valence-electron chi connectivity index (χ0n) is 15.0. The van der Waals surface area contributed by atoms with Gasteiger partial charge in [0.15, 0.2) is 5.82 Å². The summed E-state index contributed by atoms with van der Waals surface area (Å²) in [6, 6.07) is 14.5. The average molecular weight is 362 g/mol. The third-order valence-corrected chi connectivity index (χ3v) is 4.56. The highest BCUT2D eigenvalue weighted by Crippen LogP contribution is 2.31. The molecule has 0 aliphatic carbocycles. The van der Waals surface area contributed by atoms with E-state index in [9.17, 15) is 9.59 Å². The molecule has 4 rings (SSSR count). The minimum absolute atomic E-state index is 0.308. The van der Waals surface area contributed by atoms with Crippen LogP contribution in [0.15, 0.2) is 53.1 Å². The number of amides is 1. The third kappa shape index (κ3) is 3.46. The number of nitrogens with one attached hydrogen (secondary N) is 1. The van der Waals surface area contributed by atoms with Gasteiger partial charge in [-0.25, -0.2) is 4.79 Å². The van der Waals surface area contributed by atoms with Crippen LogP contribution in [-0.4, -0.2) is 17.0 Å². The highest BCUT2D eigenvalue weighted by Gasteiger charge is 2.28. The predicted octanol–water partition coefficient (Wildman–Crippen LogP) is 4.00. The van der Waals surface area contributed by atoms with Crippen molar-refractivity contribution in [2.24, 2.45) is 0 Å². The number of carbonyl (C=O) groups is 2. The van der Waals surface area contributed by atoms with Gasteiger partial charge in [0.2, 0.25) is 0 Å². The SMILES string of the molecule is Cc1ccc(C2Cc3cc(C(=O)Nc4cc(C)on4)ccc3C(=O)O2)cc1. The number of carbonyl (C=O) groups excluding carboxylic acids is 2. The van der Waals surface area contributed by atoms with E-state index in [-0.39, 0.29) is 18.0 Å². The van der Waals surface area contributed by atoms with Crippen LogP contribution in [0, 0.1) is 13.8 Å². The summed E-state index contributed by atoms with van der Waals surface area (Å²) in [4.78, 5) is 24.8. The molecule has 2 heterocycles. The molecule has 6 nitrogen and oxygen atoms in total. The molecular formula is C21H18N2O4. The standard InChI is InChI=1S/C21H18N2O4/c1-12-3-5-14(6-4-12)18-11-16-10-15(7-8-17(16)21(25)26-18)20(24)22-19-9-13(2)27-23-19/h3-10,18H,11H2,1-2H3,(H,22,23,24). The summed E-state index contributed by atoms with van der Waals surface area (Å²) in [5, 5.41) is 6.44. The lowest BCUT2D eigenvalue weighted by atomic mass is 9.92. The molecule has 0 saturated carbocycles. The molecular weight excluding hydrogens is 344 g/mol. The number of hydrogen-bond acceptors (Lipinski definition) is 5. The van der Waals surface area contributed by atoms with Gasteiger partial charge in [-0.1, -0.05) is 35.0 Å². The van der Waals surface area contributed by atoms with Crippen molar-refractivity contribution in [3.8, 4) is 0 Å². The van der Waals surface area contributed by atoms with Crippen molar-refractivity contribution in [3.05, 3.63) is 82.1 Å². The quantitative estimate of drug-likeness (QED) is 0.712. The minimum Gasteiger partial charge on any atom is -0.454 e. The van der Waals surface area contributed by atoms with Crippen LogP contribution < -0.4 is 5.32 Å². The first-order valence-corrected chi connectivity index (χ1v) is 8.65. The molecule has 0 bridgehead atoms. The molecule has 1 amide bonds. The highest BCUT2D eigenvalue weighted by atomic mass is 16.5. The Hall–Kier alpha value is -3.41. The molecule has 6 heteroatoms. The van der Waals surface area contributed by atoms with Crippen molar-refractivity contribution in [2.45, 2.75) is 26.4 Å². The van der Waals surface area contributed by atoms with E-state index in [1.54, 1.807) is 31.2 Å². The lowest BCUT2D eigenvalue weighted by Gasteiger charge is -2.25. The van der Waals surface area contributed by atoms with E-state index in [4.69, 9.17) is 9.26 Å². The van der Waals surface area contributed by atoms with E-state index < -0.39 is 0 Å². The number of benzene rings is 2. The first-order chi connectivity index (χ1) is 13.0. The highest BCUT2D eigenvalue weighted by molar-refractivity contribution is 6.04. The number of aryl methyl sites for hydroxylation is 2. The molecule has 0 radical (unpaired) electrons. The predicted molar refractivity (Wildman–Crippen MR) is 98.7 cm³/mol. The van der Waals surface area contributed by atoms with Gasteiger partial charge in [0, 0.05) is 18.1 Å². The van der Waals surface area contributed by atoms with Crippen LogP contribution in [-0.2, 0) is 11.2 Å². The number of fused-ring (bicyclic) bond motifs is 1. The molecule has 1 N–H and O–H groups in total. The van der Waals surface area contributed by atoms with Gasteiger partial charge in [-0.3, -0.25) is 4.79 Å². The fraction of sp³-hybridized carbons (Fsp3) is 0.190. The maximum absolute atomic E-state index is 12.5. The number of esters is 1. The molecule has 2 aromatic carbocycles. The van der Waals surface area contributed by atoms with E-state index in [0.717, 1.165) is 16.7 Å². The molecule has 1 aliphatic heterocycles. The van der Waals surface area contributed by atoms with E-state index >= 15 is 0 Å². The van der Waals surface area contributed by atoms with Crippen LogP contribution in [0.5, 0.6) is 0 Å². The Morgan fingerprint density at radius 3 is 2.59 bits per heavy atom. The second-order valence-corrected chi connectivity index (χ2v) is 6.66. The summed E-state index contributed by atoms with van der Waals surface area (Å²) in [5.74, 6) is 0.282. The lowest BCUT2D eigenvalue weighted by Crippen LogP contribution is -2.23. The van der Waals surface area contributed by atoms with Gasteiger partial charge in [-0.15, -0.1) is 0 Å². The van der Waals surface area contributed by atoms with Gasteiger partial charge in [0.25, 0.3) is 5.91 Å². The first-order valence-electron chi connectivity index (χ1n) is 8.65. The Morgan fingerprint density at radius 2 is 1.89 bits per heavy atom. The summed E-state index contributed by atoms with van der Waals surface area (Å²) >= 11 is 0. The smallest absolute Gasteiger partial charge is 0.339 e. The second kappa shape index (κ2) is 6.72. The van der Waals surface area contributed by atoms with E-state index in [1.807, 2.05) is 31.2 Å². The van der Waals surface area contributed by atoms with E-state index in [0.29, 0.717) is 29.1 Å². The Kier molecular flexibility index (Phi) is 4.24. The molecule has 27 heavy (non-hydrogen) atoms. The van der Waals surface area contributed by atoms with Crippen LogP contribution >= 0.6 is 0 Å². The van der Waals surface area contributed by atoms with Crippen LogP contribution in [0.4, 0.5) is 5.82 Å². The Bertz CT molecular complexity index is 1020. The third-order valence-electron chi connectivity index (χ3n) is 4.56. The molecule has 1 atom stereocenters. The molecule has 1 aromatic heterocycles. The summed E-state index contributed by atoms with van der Waals surface area (Å²) in [6.45, 7) is 3.76. The number of rotatable bonds is 3. The fourth-order valence-corrected chi connectivity index (χ4v) is 3.12. The lowest BCUT2D eigenvalue weighted by molar-refractivity contribution is 0.0252. The normalized spacial score (nSPS) is 15.8. The summed E-state index contributed by atoms with van der Waals surface area (Å²) in [6.07, 6.45) is 0.163. The monoisotopic (exact) mass is 362 g/mol. The summed E-state index contributed by atoms with van der Waals surface area (Å²) in [5.41, 5.74) is 3.82. The van der Waals surface area contributed by atoms with Crippen molar-refractivity contribution in [3.63, 3.8) is 0 Å².